The van der Waals surface area contributed by atoms with Crippen LogP contribution in [0, 0.1) is 29.3 Å². The van der Waals surface area contributed by atoms with E-state index in [9.17, 15) is 23.1 Å². The van der Waals surface area contributed by atoms with E-state index in [1.54, 1.807) is 41.4 Å². The van der Waals surface area contributed by atoms with Gasteiger partial charge in [0.15, 0.2) is 0 Å². The molecule has 2 saturated heterocycles. The van der Waals surface area contributed by atoms with Crippen LogP contribution in [0.3, 0.4) is 0 Å². The first-order valence-corrected chi connectivity index (χ1v) is 12.1. The predicted octanol–water partition coefficient (Wildman–Crippen LogP) is 3.54. The van der Waals surface area contributed by atoms with Crippen LogP contribution in [-0.2, 0) is 12.1 Å². The van der Waals surface area contributed by atoms with E-state index in [1.807, 2.05) is 7.05 Å². The van der Waals surface area contributed by atoms with Gasteiger partial charge in [-0.3, -0.25) is 4.98 Å². The molecule has 194 valence electrons. The number of fused-ring (bicyclic) bond motifs is 2. The molecule has 2 aliphatic rings. The van der Waals surface area contributed by atoms with E-state index >= 15 is 0 Å². The summed E-state index contributed by atoms with van der Waals surface area (Å²) in [6.07, 6.45) is 1.54. The van der Waals surface area contributed by atoms with Crippen molar-refractivity contribution in [2.45, 2.75) is 12.1 Å². The normalized spacial score (nSPS) is 23.7. The third-order valence-corrected chi connectivity index (χ3v) is 7.37. The Kier molecular flexibility index (Phi) is 6.65. The topological polar surface area (TPSA) is 94.7 Å². The summed E-state index contributed by atoms with van der Waals surface area (Å²) < 4.78 is 41.9. The molecule has 0 unspecified atom stereocenters. The van der Waals surface area contributed by atoms with Gasteiger partial charge >= 0.3 is 6.03 Å². The number of likely N-dealkylation sites (tertiary alicyclic amines) is 2. The number of nitrogens with zero attached hydrogens (tertiary/aromatic N) is 3. The number of hydrogen-bond donors (Lipinski definition) is 3. The van der Waals surface area contributed by atoms with Crippen molar-refractivity contribution >= 4 is 11.7 Å². The van der Waals surface area contributed by atoms with E-state index in [0.29, 0.717) is 35.5 Å². The number of piperidine rings is 2. The zero-order chi connectivity index (χ0) is 26.3. The lowest BCUT2D eigenvalue weighted by Crippen LogP contribution is -2.66. The Morgan fingerprint density at radius 3 is 2.35 bits per heavy atom. The molecule has 5 rings (SSSR count). The fraction of sp³-hybridized carbons (Fsp3) is 0.333. The number of urea groups is 1. The Morgan fingerprint density at radius 2 is 1.76 bits per heavy atom. The van der Waals surface area contributed by atoms with Gasteiger partial charge in [0.25, 0.3) is 0 Å². The number of aromatic nitrogens is 1. The van der Waals surface area contributed by atoms with Crippen molar-refractivity contribution in [3.63, 3.8) is 0 Å². The van der Waals surface area contributed by atoms with Crippen LogP contribution in [0.25, 0.3) is 11.1 Å². The quantitative estimate of drug-likeness (QED) is 0.498. The number of amides is 2. The maximum absolute atomic E-state index is 14.8. The number of halogens is 3. The molecule has 0 spiro atoms. The molecule has 2 fully saturated rings. The van der Waals surface area contributed by atoms with Crippen LogP contribution >= 0.6 is 0 Å². The van der Waals surface area contributed by atoms with Gasteiger partial charge in [-0.1, -0.05) is 24.3 Å². The minimum absolute atomic E-state index is 0.0220. The largest absolute Gasteiger partial charge is 0.383 e. The Hall–Kier alpha value is -3.47. The maximum atomic E-state index is 14.8. The number of nitrogens with two attached hydrogens (primary N) is 1. The average Bonchev–Trinajstić information content (AvgIpc) is 2.84. The van der Waals surface area contributed by atoms with Crippen LogP contribution in [0.5, 0.6) is 0 Å². The van der Waals surface area contributed by atoms with Crippen LogP contribution < -0.4 is 11.1 Å². The molecule has 1 aromatic heterocycles. The third-order valence-electron chi connectivity index (χ3n) is 7.37. The summed E-state index contributed by atoms with van der Waals surface area (Å²) in [6.45, 7) is 1.55. The number of pyridine rings is 1. The molecule has 3 heterocycles. The first-order chi connectivity index (χ1) is 17.7. The standard InChI is InChI=1S/C27H28F3N5O2/c1-34-12-18-14-35(26(36)33-22-8-20(28)7-21(29)9-22)15-19(13-34)27(18,37)24-6-5-17(11-32-24)23-4-2-3-16(10-31)25(23)30/h2-9,11,18-19,37H,10,12-15,31H2,1H3,(H,33,36)/t18-,19+,27-. The molecule has 7 nitrogen and oxygen atoms in total. The first-order valence-electron chi connectivity index (χ1n) is 12.1. The summed E-state index contributed by atoms with van der Waals surface area (Å²) in [7, 11) is 1.95. The molecule has 0 radical (unpaired) electrons. The number of rotatable bonds is 4. The Morgan fingerprint density at radius 1 is 1.08 bits per heavy atom. The summed E-state index contributed by atoms with van der Waals surface area (Å²) >= 11 is 0. The molecular formula is C27H28F3N5O2. The summed E-state index contributed by atoms with van der Waals surface area (Å²) in [5.74, 6) is -2.70. The van der Waals surface area contributed by atoms with Gasteiger partial charge in [-0.05, 0) is 25.2 Å². The molecule has 3 atom stereocenters. The second-order valence-electron chi connectivity index (χ2n) is 9.85. The minimum atomic E-state index is -1.30. The zero-order valence-electron chi connectivity index (χ0n) is 20.3. The van der Waals surface area contributed by atoms with E-state index in [-0.39, 0.29) is 37.2 Å². The maximum Gasteiger partial charge on any atom is 0.321 e. The van der Waals surface area contributed by atoms with Crippen LogP contribution in [0.15, 0.2) is 54.7 Å². The van der Waals surface area contributed by atoms with E-state index in [0.717, 1.165) is 18.2 Å². The van der Waals surface area contributed by atoms with Crippen LogP contribution in [-0.4, -0.2) is 59.1 Å². The molecule has 37 heavy (non-hydrogen) atoms. The Bertz CT molecular complexity index is 1280. The number of aliphatic hydroxyl groups is 1. The van der Waals surface area contributed by atoms with Gasteiger partial charge in [-0.25, -0.2) is 18.0 Å². The molecular weight excluding hydrogens is 483 g/mol. The lowest BCUT2D eigenvalue weighted by molar-refractivity contribution is -0.155. The van der Waals surface area contributed by atoms with Crippen molar-refractivity contribution in [1.29, 1.82) is 0 Å². The van der Waals surface area contributed by atoms with Crippen molar-refractivity contribution < 1.29 is 23.1 Å². The predicted molar refractivity (Wildman–Crippen MR) is 133 cm³/mol. The third kappa shape index (κ3) is 4.68. The van der Waals surface area contributed by atoms with Crippen molar-refractivity contribution in [3.05, 3.63) is 83.4 Å². The van der Waals surface area contributed by atoms with Crippen molar-refractivity contribution in [2.24, 2.45) is 17.6 Å². The summed E-state index contributed by atoms with van der Waals surface area (Å²) in [5.41, 5.74) is 6.17. The van der Waals surface area contributed by atoms with E-state index in [4.69, 9.17) is 5.73 Å². The Labute approximate surface area is 212 Å². The van der Waals surface area contributed by atoms with Crippen LogP contribution in [0.4, 0.5) is 23.7 Å². The Balaban J connectivity index is 1.39. The van der Waals surface area contributed by atoms with Crippen molar-refractivity contribution in [2.75, 3.05) is 38.5 Å². The lowest BCUT2D eigenvalue weighted by Gasteiger charge is -2.54. The molecule has 0 aliphatic carbocycles. The molecule has 3 aromatic rings. The second kappa shape index (κ2) is 9.77. The number of hydrogen-bond acceptors (Lipinski definition) is 5. The van der Waals surface area contributed by atoms with Gasteiger partial charge < -0.3 is 26.0 Å². The smallest absolute Gasteiger partial charge is 0.321 e. The van der Waals surface area contributed by atoms with Crippen LogP contribution in [0.2, 0.25) is 0 Å². The molecule has 2 bridgehead atoms. The van der Waals surface area contributed by atoms with Crippen molar-refractivity contribution in [1.82, 2.24) is 14.8 Å². The number of nitrogens with one attached hydrogen (secondary N) is 1. The molecule has 2 amide bonds. The first kappa shape index (κ1) is 25.2. The number of carbonyl (C=O) groups is 1. The van der Waals surface area contributed by atoms with E-state index < -0.39 is 29.1 Å². The zero-order valence-corrected chi connectivity index (χ0v) is 20.3. The molecule has 10 heteroatoms. The summed E-state index contributed by atoms with van der Waals surface area (Å²) in [4.78, 5) is 21.2. The highest BCUT2D eigenvalue weighted by Gasteiger charge is 2.54. The van der Waals surface area contributed by atoms with Gasteiger partial charge in [0.05, 0.1) is 5.69 Å². The SMILES string of the molecule is CN1C[C@@H]2CN(C(=O)Nc3cc(F)cc(F)c3)C[C@H](C1)[C@@]2(O)c1ccc(-c2cccc(CN)c2F)cn1. The molecule has 2 aliphatic heterocycles. The monoisotopic (exact) mass is 511 g/mol. The van der Waals surface area contributed by atoms with E-state index in [1.165, 1.54) is 0 Å². The highest BCUT2D eigenvalue weighted by atomic mass is 19.1. The minimum Gasteiger partial charge on any atom is -0.383 e. The highest BCUT2D eigenvalue weighted by Crippen LogP contribution is 2.44. The second-order valence-corrected chi connectivity index (χ2v) is 9.85. The molecule has 4 N–H and O–H groups in total. The van der Waals surface area contributed by atoms with Crippen LogP contribution in [0.1, 0.15) is 11.3 Å². The molecule has 2 aromatic carbocycles. The number of carbonyl (C=O) groups excluding carboxylic acids is 1. The van der Waals surface area contributed by atoms with Gasteiger partial charge in [0.1, 0.15) is 23.1 Å². The number of anilines is 1. The fourth-order valence-electron chi connectivity index (χ4n) is 5.60. The van der Waals surface area contributed by atoms with Gasteiger partial charge in [-0.15, -0.1) is 0 Å². The van der Waals surface area contributed by atoms with Gasteiger partial charge in [-0.2, -0.15) is 0 Å². The van der Waals surface area contributed by atoms with Gasteiger partial charge in [0.2, 0.25) is 0 Å². The van der Waals surface area contributed by atoms with E-state index in [2.05, 4.69) is 15.2 Å². The fourth-order valence-corrected chi connectivity index (χ4v) is 5.60. The summed E-state index contributed by atoms with van der Waals surface area (Å²) in [5, 5.41) is 14.5. The number of benzene rings is 2. The lowest BCUT2D eigenvalue weighted by atomic mass is 9.68. The van der Waals surface area contributed by atoms with Gasteiger partial charge in [0, 0.05) is 79.2 Å². The summed E-state index contributed by atoms with van der Waals surface area (Å²) in [6, 6.07) is 10.8. The molecule has 0 saturated carbocycles. The van der Waals surface area contributed by atoms with Crippen molar-refractivity contribution in [3.8, 4) is 11.1 Å². The highest BCUT2D eigenvalue weighted by molar-refractivity contribution is 5.89. The average molecular weight is 512 g/mol.